The van der Waals surface area contributed by atoms with E-state index < -0.39 is 11.9 Å². The van der Waals surface area contributed by atoms with Crippen molar-refractivity contribution in [1.82, 2.24) is 4.90 Å². The zero-order chi connectivity index (χ0) is 19.1. The third kappa shape index (κ3) is 5.23. The van der Waals surface area contributed by atoms with E-state index in [0.717, 1.165) is 31.3 Å². The molecule has 1 aliphatic heterocycles. The van der Waals surface area contributed by atoms with Gasteiger partial charge in [-0.2, -0.15) is 0 Å². The molecule has 1 aromatic rings. The molecule has 0 aliphatic carbocycles. The van der Waals surface area contributed by atoms with Gasteiger partial charge in [0.25, 0.3) is 0 Å². The van der Waals surface area contributed by atoms with E-state index >= 15 is 0 Å². The molecule has 1 aromatic carbocycles. The predicted molar refractivity (Wildman–Crippen MR) is 101 cm³/mol. The highest BCUT2D eigenvalue weighted by Crippen LogP contribution is 2.24. The summed E-state index contributed by atoms with van der Waals surface area (Å²) < 4.78 is 9.26. The highest BCUT2D eigenvalue weighted by Gasteiger charge is 2.21. The quantitative estimate of drug-likeness (QED) is 0.612. The first-order chi connectivity index (χ1) is 12.4. The number of nitrogens with one attached hydrogen (secondary N) is 1. The first kappa shape index (κ1) is 19.8. The van der Waals surface area contributed by atoms with E-state index in [9.17, 15) is 9.59 Å². The molecule has 0 bridgehead atoms. The topological polar surface area (TPSA) is 71.1 Å². The van der Waals surface area contributed by atoms with Gasteiger partial charge in [0, 0.05) is 30.5 Å². The summed E-state index contributed by atoms with van der Waals surface area (Å²) in [6.45, 7) is 2.03. The van der Waals surface area contributed by atoms with Gasteiger partial charge in [-0.3, -0.25) is 0 Å². The van der Waals surface area contributed by atoms with Crippen molar-refractivity contribution >= 4 is 23.3 Å². The molecule has 1 atom stereocenters. The highest BCUT2D eigenvalue weighted by molar-refractivity contribution is 5.98. The second kappa shape index (κ2) is 9.24. The van der Waals surface area contributed by atoms with Gasteiger partial charge in [-0.25, -0.2) is 9.59 Å². The Bertz CT molecular complexity index is 655. The van der Waals surface area contributed by atoms with Crippen LogP contribution in [-0.2, 0) is 19.1 Å². The summed E-state index contributed by atoms with van der Waals surface area (Å²) in [7, 11) is 6.74. The smallest absolute Gasteiger partial charge is 0.354 e. The standard InChI is InChI=1S/C19H27N3O4/c1-21(2)16-6-5-11-22(13-16)15-9-7-14(8-10-15)20-17(19(24)26-4)12-18(23)25-3/h7-10,12,16,20H,5-6,11,13H2,1-4H3/b17-12+. The molecule has 0 saturated carbocycles. The Morgan fingerprint density at radius 2 is 1.88 bits per heavy atom. The van der Waals surface area contributed by atoms with Gasteiger partial charge >= 0.3 is 11.9 Å². The van der Waals surface area contributed by atoms with Crippen LogP contribution in [-0.4, -0.2) is 64.3 Å². The molecule has 1 heterocycles. The molecule has 2 rings (SSSR count). The molecule has 1 saturated heterocycles. The fourth-order valence-corrected chi connectivity index (χ4v) is 2.95. The third-order valence-corrected chi connectivity index (χ3v) is 4.51. The van der Waals surface area contributed by atoms with E-state index in [1.807, 2.05) is 24.3 Å². The number of hydrogen-bond acceptors (Lipinski definition) is 7. The van der Waals surface area contributed by atoms with Crippen molar-refractivity contribution < 1.29 is 19.1 Å². The number of methoxy groups -OCH3 is 2. The van der Waals surface area contributed by atoms with E-state index in [4.69, 9.17) is 4.74 Å². The Hall–Kier alpha value is -2.54. The molecule has 26 heavy (non-hydrogen) atoms. The van der Waals surface area contributed by atoms with Crippen LogP contribution in [0.25, 0.3) is 0 Å². The molecule has 1 fully saturated rings. The summed E-state index contributed by atoms with van der Waals surface area (Å²) in [6, 6.07) is 8.32. The second-order valence-electron chi connectivity index (χ2n) is 6.45. The molecule has 0 spiro atoms. The Morgan fingerprint density at radius 1 is 1.19 bits per heavy atom. The number of piperidine rings is 1. The predicted octanol–water partition coefficient (Wildman–Crippen LogP) is 1.86. The molecule has 0 radical (unpaired) electrons. The van der Waals surface area contributed by atoms with Crippen molar-refractivity contribution in [3.8, 4) is 0 Å². The van der Waals surface area contributed by atoms with E-state index in [1.54, 1.807) is 0 Å². The summed E-state index contributed by atoms with van der Waals surface area (Å²) in [5, 5.41) is 2.91. The van der Waals surface area contributed by atoms with Gasteiger partial charge < -0.3 is 24.6 Å². The maximum Gasteiger partial charge on any atom is 0.354 e. The fraction of sp³-hybridized carbons (Fsp3) is 0.474. The summed E-state index contributed by atoms with van der Waals surface area (Å²) >= 11 is 0. The van der Waals surface area contributed by atoms with Crippen molar-refractivity contribution in [2.75, 3.05) is 51.6 Å². The number of carbonyl (C=O) groups excluding carboxylic acids is 2. The summed E-state index contributed by atoms with van der Waals surface area (Å²) in [6.07, 6.45) is 3.45. The van der Waals surface area contributed by atoms with Crippen molar-refractivity contribution in [3.05, 3.63) is 36.0 Å². The van der Waals surface area contributed by atoms with Gasteiger partial charge in [0.05, 0.1) is 20.3 Å². The van der Waals surface area contributed by atoms with Gasteiger partial charge in [-0.05, 0) is 51.2 Å². The summed E-state index contributed by atoms with van der Waals surface area (Å²) in [4.78, 5) is 27.9. The minimum absolute atomic E-state index is 0.0257. The van der Waals surface area contributed by atoms with Crippen LogP contribution in [0.5, 0.6) is 0 Å². The summed E-state index contributed by atoms with van der Waals surface area (Å²) in [5.74, 6) is -1.26. The van der Waals surface area contributed by atoms with E-state index in [2.05, 4.69) is 33.9 Å². The third-order valence-electron chi connectivity index (χ3n) is 4.51. The SMILES string of the molecule is COC(=O)/C=C(/Nc1ccc(N2CCCC(N(C)C)C2)cc1)C(=O)OC. The fourth-order valence-electron chi connectivity index (χ4n) is 2.95. The number of esters is 2. The molecule has 1 unspecified atom stereocenters. The first-order valence-corrected chi connectivity index (χ1v) is 8.61. The molecule has 0 amide bonds. The average Bonchev–Trinajstić information content (AvgIpc) is 2.67. The Morgan fingerprint density at radius 3 is 2.46 bits per heavy atom. The molecule has 7 nitrogen and oxygen atoms in total. The molecular formula is C19H27N3O4. The molecule has 1 N–H and O–H groups in total. The Balaban J connectivity index is 2.09. The number of anilines is 2. The molecule has 0 aromatic heterocycles. The zero-order valence-corrected chi connectivity index (χ0v) is 15.8. The van der Waals surface area contributed by atoms with E-state index in [1.165, 1.54) is 20.6 Å². The Labute approximate surface area is 154 Å². The lowest BCUT2D eigenvalue weighted by atomic mass is 10.0. The van der Waals surface area contributed by atoms with Gasteiger partial charge in [0.1, 0.15) is 5.70 Å². The number of rotatable bonds is 6. The largest absolute Gasteiger partial charge is 0.466 e. The number of benzene rings is 1. The van der Waals surface area contributed by atoms with Gasteiger partial charge in [-0.15, -0.1) is 0 Å². The van der Waals surface area contributed by atoms with Crippen LogP contribution in [0.3, 0.4) is 0 Å². The maximum atomic E-state index is 11.8. The van der Waals surface area contributed by atoms with Crippen molar-refractivity contribution in [2.24, 2.45) is 0 Å². The maximum absolute atomic E-state index is 11.8. The highest BCUT2D eigenvalue weighted by atomic mass is 16.5. The lowest BCUT2D eigenvalue weighted by Gasteiger charge is -2.37. The van der Waals surface area contributed by atoms with Gasteiger partial charge in [0.15, 0.2) is 0 Å². The number of likely N-dealkylation sites (N-methyl/N-ethyl adjacent to an activating group) is 1. The molecule has 142 valence electrons. The number of hydrogen-bond donors (Lipinski definition) is 1. The number of nitrogens with zero attached hydrogens (tertiary/aromatic N) is 2. The monoisotopic (exact) mass is 361 g/mol. The van der Waals surface area contributed by atoms with Crippen LogP contribution in [0.1, 0.15) is 12.8 Å². The van der Waals surface area contributed by atoms with Gasteiger partial charge in [-0.1, -0.05) is 0 Å². The minimum atomic E-state index is -0.635. The van der Waals surface area contributed by atoms with E-state index in [-0.39, 0.29) is 5.70 Å². The second-order valence-corrected chi connectivity index (χ2v) is 6.45. The normalized spacial score (nSPS) is 17.8. The van der Waals surface area contributed by atoms with Crippen LogP contribution >= 0.6 is 0 Å². The van der Waals surface area contributed by atoms with Crippen molar-refractivity contribution in [2.45, 2.75) is 18.9 Å². The lowest BCUT2D eigenvalue weighted by molar-refractivity contribution is -0.138. The van der Waals surface area contributed by atoms with Crippen LogP contribution in [0.2, 0.25) is 0 Å². The van der Waals surface area contributed by atoms with Crippen LogP contribution in [0, 0.1) is 0 Å². The summed E-state index contributed by atoms with van der Waals surface area (Å²) in [5.41, 5.74) is 1.85. The first-order valence-electron chi connectivity index (χ1n) is 8.61. The Kier molecular flexibility index (Phi) is 7.03. The number of ether oxygens (including phenoxy) is 2. The minimum Gasteiger partial charge on any atom is -0.466 e. The molecule has 7 heteroatoms. The molecule has 1 aliphatic rings. The lowest BCUT2D eigenvalue weighted by Crippen LogP contribution is -2.45. The average molecular weight is 361 g/mol. The molecular weight excluding hydrogens is 334 g/mol. The van der Waals surface area contributed by atoms with Crippen LogP contribution in [0.4, 0.5) is 11.4 Å². The van der Waals surface area contributed by atoms with Crippen LogP contribution < -0.4 is 10.2 Å². The van der Waals surface area contributed by atoms with E-state index in [0.29, 0.717) is 11.7 Å². The van der Waals surface area contributed by atoms with Crippen molar-refractivity contribution in [1.29, 1.82) is 0 Å². The van der Waals surface area contributed by atoms with Crippen molar-refractivity contribution in [3.63, 3.8) is 0 Å². The zero-order valence-electron chi connectivity index (χ0n) is 15.8. The number of carbonyl (C=O) groups is 2. The van der Waals surface area contributed by atoms with Crippen LogP contribution in [0.15, 0.2) is 36.0 Å². The van der Waals surface area contributed by atoms with Gasteiger partial charge in [0.2, 0.25) is 0 Å².